The van der Waals surface area contributed by atoms with Gasteiger partial charge in [-0.05, 0) is 37.8 Å². The molecule has 0 aliphatic rings. The highest BCUT2D eigenvalue weighted by molar-refractivity contribution is 5.40. The minimum absolute atomic E-state index is 0.250. The second kappa shape index (κ2) is 5.01. The van der Waals surface area contributed by atoms with Crippen molar-refractivity contribution in [3.05, 3.63) is 29.3 Å². The van der Waals surface area contributed by atoms with Crippen molar-refractivity contribution in [3.8, 4) is 5.75 Å². The molecular weight excluding hydrogens is 174 g/mol. The van der Waals surface area contributed by atoms with E-state index in [0.717, 1.165) is 18.6 Å². The van der Waals surface area contributed by atoms with Crippen molar-refractivity contribution in [1.29, 1.82) is 0 Å². The molecule has 2 N–H and O–H groups in total. The lowest BCUT2D eigenvalue weighted by atomic mass is 10.0. The highest BCUT2D eigenvalue weighted by Crippen LogP contribution is 2.24. The lowest BCUT2D eigenvalue weighted by molar-refractivity contribution is 0.405. The molecule has 0 aliphatic carbocycles. The van der Waals surface area contributed by atoms with Gasteiger partial charge in [-0.3, -0.25) is 0 Å². The van der Waals surface area contributed by atoms with Crippen molar-refractivity contribution in [1.82, 2.24) is 0 Å². The number of hydrogen-bond acceptors (Lipinski definition) is 2. The fraction of sp³-hybridized carbons (Fsp3) is 0.500. The highest BCUT2D eigenvalue weighted by atomic mass is 16.5. The van der Waals surface area contributed by atoms with Gasteiger partial charge in [-0.2, -0.15) is 0 Å². The Morgan fingerprint density at radius 2 is 2.14 bits per heavy atom. The quantitative estimate of drug-likeness (QED) is 0.796. The Kier molecular flexibility index (Phi) is 3.96. The topological polar surface area (TPSA) is 35.2 Å². The van der Waals surface area contributed by atoms with Crippen LogP contribution < -0.4 is 10.5 Å². The van der Waals surface area contributed by atoms with E-state index in [9.17, 15) is 0 Å². The third-order valence-electron chi connectivity index (χ3n) is 2.37. The molecule has 0 aliphatic heterocycles. The number of ether oxygens (including phenoxy) is 1. The summed E-state index contributed by atoms with van der Waals surface area (Å²) in [6.45, 7) is 4.09. The normalized spacial score (nSPS) is 12.6. The Bertz CT molecular complexity index is 294. The number of aryl methyl sites for hydroxylation is 2. The zero-order chi connectivity index (χ0) is 10.6. The van der Waals surface area contributed by atoms with Crippen molar-refractivity contribution in [2.75, 3.05) is 7.11 Å². The Balaban J connectivity index is 2.80. The van der Waals surface area contributed by atoms with E-state index in [-0.39, 0.29) is 6.04 Å². The van der Waals surface area contributed by atoms with Gasteiger partial charge in [0.25, 0.3) is 0 Å². The first-order valence-corrected chi connectivity index (χ1v) is 5.03. The zero-order valence-corrected chi connectivity index (χ0v) is 9.21. The van der Waals surface area contributed by atoms with E-state index in [1.807, 2.05) is 6.92 Å². The summed E-state index contributed by atoms with van der Waals surface area (Å²) < 4.78 is 5.37. The van der Waals surface area contributed by atoms with E-state index in [4.69, 9.17) is 10.5 Å². The van der Waals surface area contributed by atoms with Gasteiger partial charge in [0.1, 0.15) is 5.75 Å². The van der Waals surface area contributed by atoms with E-state index >= 15 is 0 Å². The molecule has 0 amide bonds. The van der Waals surface area contributed by atoms with Crippen molar-refractivity contribution in [2.45, 2.75) is 32.7 Å². The van der Waals surface area contributed by atoms with Crippen LogP contribution in [-0.2, 0) is 6.42 Å². The predicted molar refractivity (Wildman–Crippen MR) is 59.7 cm³/mol. The molecule has 0 bridgehead atoms. The van der Waals surface area contributed by atoms with E-state index in [0.29, 0.717) is 0 Å². The van der Waals surface area contributed by atoms with Crippen LogP contribution in [-0.4, -0.2) is 13.2 Å². The van der Waals surface area contributed by atoms with Crippen LogP contribution in [0.15, 0.2) is 18.2 Å². The number of methoxy groups -OCH3 is 1. The Hall–Kier alpha value is -1.02. The second-order valence-electron chi connectivity index (χ2n) is 3.78. The van der Waals surface area contributed by atoms with Gasteiger partial charge in [0, 0.05) is 6.04 Å². The average Bonchev–Trinajstić information content (AvgIpc) is 2.14. The predicted octanol–water partition coefficient (Wildman–Crippen LogP) is 2.28. The molecule has 0 unspecified atom stereocenters. The first-order chi connectivity index (χ1) is 6.65. The van der Waals surface area contributed by atoms with Crippen LogP contribution in [0.2, 0.25) is 0 Å². The summed E-state index contributed by atoms with van der Waals surface area (Å²) in [4.78, 5) is 0. The van der Waals surface area contributed by atoms with Gasteiger partial charge in [0.2, 0.25) is 0 Å². The van der Waals surface area contributed by atoms with E-state index < -0.39 is 0 Å². The van der Waals surface area contributed by atoms with Gasteiger partial charge in [0.05, 0.1) is 7.11 Å². The fourth-order valence-electron chi connectivity index (χ4n) is 1.59. The highest BCUT2D eigenvalue weighted by Gasteiger charge is 2.05. The molecule has 0 heterocycles. The molecule has 2 heteroatoms. The molecule has 0 saturated carbocycles. The molecule has 0 spiro atoms. The van der Waals surface area contributed by atoms with Crippen LogP contribution in [0.1, 0.15) is 24.5 Å². The van der Waals surface area contributed by atoms with Crippen molar-refractivity contribution >= 4 is 0 Å². The van der Waals surface area contributed by atoms with Crippen LogP contribution in [0.4, 0.5) is 0 Å². The molecule has 1 aromatic carbocycles. The SMILES string of the molecule is COc1c(C)cccc1CC[C@H](C)N. The largest absolute Gasteiger partial charge is 0.496 e. The Morgan fingerprint density at radius 3 is 2.71 bits per heavy atom. The molecule has 2 nitrogen and oxygen atoms in total. The van der Waals surface area contributed by atoms with Gasteiger partial charge in [-0.1, -0.05) is 18.2 Å². The summed E-state index contributed by atoms with van der Waals surface area (Å²) in [5.74, 6) is 1.01. The number of nitrogens with two attached hydrogens (primary N) is 1. The molecule has 78 valence electrons. The molecule has 0 aromatic heterocycles. The number of hydrogen-bond donors (Lipinski definition) is 1. The Morgan fingerprint density at radius 1 is 1.43 bits per heavy atom. The summed E-state index contributed by atoms with van der Waals surface area (Å²) in [5, 5.41) is 0. The molecule has 1 aromatic rings. The lowest BCUT2D eigenvalue weighted by Crippen LogP contribution is -2.15. The fourth-order valence-corrected chi connectivity index (χ4v) is 1.59. The third-order valence-corrected chi connectivity index (χ3v) is 2.37. The maximum absolute atomic E-state index is 5.73. The second-order valence-corrected chi connectivity index (χ2v) is 3.78. The smallest absolute Gasteiger partial charge is 0.124 e. The van der Waals surface area contributed by atoms with Crippen LogP contribution in [0, 0.1) is 6.92 Å². The molecule has 0 saturated heterocycles. The van der Waals surface area contributed by atoms with Crippen LogP contribution in [0.3, 0.4) is 0 Å². The van der Waals surface area contributed by atoms with Gasteiger partial charge < -0.3 is 10.5 Å². The zero-order valence-electron chi connectivity index (χ0n) is 9.21. The van der Waals surface area contributed by atoms with Crippen molar-refractivity contribution < 1.29 is 4.74 Å². The summed E-state index contributed by atoms with van der Waals surface area (Å²) in [7, 11) is 1.72. The van der Waals surface area contributed by atoms with E-state index in [1.54, 1.807) is 7.11 Å². The molecule has 1 rings (SSSR count). The summed E-state index contributed by atoms with van der Waals surface area (Å²) >= 11 is 0. The van der Waals surface area contributed by atoms with E-state index in [2.05, 4.69) is 25.1 Å². The Labute approximate surface area is 86.1 Å². The van der Waals surface area contributed by atoms with Gasteiger partial charge in [-0.15, -0.1) is 0 Å². The third kappa shape index (κ3) is 2.74. The van der Waals surface area contributed by atoms with Gasteiger partial charge in [-0.25, -0.2) is 0 Å². The molecule has 1 atom stereocenters. The van der Waals surface area contributed by atoms with Crippen LogP contribution in [0.5, 0.6) is 5.75 Å². The number of benzene rings is 1. The molecule has 14 heavy (non-hydrogen) atoms. The van der Waals surface area contributed by atoms with Crippen LogP contribution >= 0.6 is 0 Å². The van der Waals surface area contributed by atoms with Crippen molar-refractivity contribution in [2.24, 2.45) is 5.73 Å². The number of rotatable bonds is 4. The summed E-state index contributed by atoms with van der Waals surface area (Å²) in [6, 6.07) is 6.48. The minimum Gasteiger partial charge on any atom is -0.496 e. The maximum atomic E-state index is 5.73. The average molecular weight is 193 g/mol. The molecule has 0 radical (unpaired) electrons. The van der Waals surface area contributed by atoms with E-state index in [1.165, 1.54) is 11.1 Å². The monoisotopic (exact) mass is 193 g/mol. The summed E-state index contributed by atoms with van der Waals surface area (Å²) in [5.41, 5.74) is 8.17. The standard InChI is InChI=1S/C12H19NO/c1-9-5-4-6-11(12(9)14-3)8-7-10(2)13/h4-6,10H,7-8,13H2,1-3H3/t10-/m0/s1. The first-order valence-electron chi connectivity index (χ1n) is 5.03. The lowest BCUT2D eigenvalue weighted by Gasteiger charge is -2.12. The molecule has 0 fully saturated rings. The van der Waals surface area contributed by atoms with Crippen molar-refractivity contribution in [3.63, 3.8) is 0 Å². The number of para-hydroxylation sites is 1. The maximum Gasteiger partial charge on any atom is 0.124 e. The minimum atomic E-state index is 0.250. The summed E-state index contributed by atoms with van der Waals surface area (Å²) in [6.07, 6.45) is 1.99. The van der Waals surface area contributed by atoms with Gasteiger partial charge in [0.15, 0.2) is 0 Å². The van der Waals surface area contributed by atoms with Gasteiger partial charge >= 0.3 is 0 Å². The molecular formula is C12H19NO. The first kappa shape index (κ1) is 11.1. The van der Waals surface area contributed by atoms with Crippen LogP contribution in [0.25, 0.3) is 0 Å².